The molecule has 1 fully saturated rings. The van der Waals surface area contributed by atoms with E-state index in [-0.39, 0.29) is 29.9 Å². The molecule has 2 aromatic heterocycles. The first-order valence-electron chi connectivity index (χ1n) is 9.93. The Hall–Kier alpha value is -3.69. The number of hydrogen-bond donors (Lipinski definition) is 0. The summed E-state index contributed by atoms with van der Waals surface area (Å²) in [7, 11) is 0. The molecule has 1 aliphatic rings. The molecule has 10 heteroatoms. The zero-order valence-corrected chi connectivity index (χ0v) is 17.0. The Morgan fingerprint density at radius 1 is 1.13 bits per heavy atom. The Balaban J connectivity index is 1.28. The molecule has 0 radical (unpaired) electrons. The molecule has 0 saturated carbocycles. The predicted octanol–water partition coefficient (Wildman–Crippen LogP) is 1.89. The largest absolute Gasteiger partial charge is 0.339 e. The molecular weight excluding hydrogens is 403 g/mol. The van der Waals surface area contributed by atoms with E-state index in [4.69, 9.17) is 4.52 Å². The van der Waals surface area contributed by atoms with Gasteiger partial charge in [0.1, 0.15) is 11.5 Å². The summed E-state index contributed by atoms with van der Waals surface area (Å²) < 4.78 is 18.9. The number of benzene rings is 1. The zero-order valence-electron chi connectivity index (χ0n) is 17.0. The molecule has 0 atom stereocenters. The van der Waals surface area contributed by atoms with Gasteiger partial charge in [-0.25, -0.2) is 9.37 Å². The molecule has 0 N–H and O–H groups in total. The number of piperazine rings is 1. The molecule has 1 saturated heterocycles. The van der Waals surface area contributed by atoms with Crippen LogP contribution in [0.4, 0.5) is 4.39 Å². The van der Waals surface area contributed by atoms with Crippen molar-refractivity contribution in [3.8, 4) is 11.4 Å². The fourth-order valence-electron chi connectivity index (χ4n) is 3.31. The topological polar surface area (TPSA) is 105 Å². The summed E-state index contributed by atoms with van der Waals surface area (Å²) >= 11 is 0. The highest BCUT2D eigenvalue weighted by Gasteiger charge is 2.25. The second-order valence-electron chi connectivity index (χ2n) is 7.24. The minimum Gasteiger partial charge on any atom is -0.339 e. The number of hydrogen-bond acceptors (Lipinski definition) is 7. The van der Waals surface area contributed by atoms with E-state index >= 15 is 0 Å². The van der Waals surface area contributed by atoms with E-state index in [2.05, 4.69) is 20.1 Å². The Morgan fingerprint density at radius 2 is 1.90 bits per heavy atom. The summed E-state index contributed by atoms with van der Waals surface area (Å²) in [6.07, 6.45) is 4.93. The lowest BCUT2D eigenvalue weighted by atomic mass is 10.1. The standard InChI is InChI=1S/C21H21FN6O3/c1-14-2-3-15(12-16(14)22)20-25-18(31-26-20)4-5-19(29)27-8-10-28(11-9-27)21(30)17-13-23-6-7-24-17/h2-3,6-7,12-13H,4-5,8-11H2,1H3. The molecule has 0 unspecified atom stereocenters. The molecule has 0 aliphatic carbocycles. The van der Waals surface area contributed by atoms with Crippen LogP contribution in [0.2, 0.25) is 0 Å². The van der Waals surface area contributed by atoms with Gasteiger partial charge < -0.3 is 14.3 Å². The average molecular weight is 424 g/mol. The summed E-state index contributed by atoms with van der Waals surface area (Å²) in [4.78, 5) is 40.5. The lowest BCUT2D eigenvalue weighted by Crippen LogP contribution is -2.50. The highest BCUT2D eigenvalue weighted by atomic mass is 19.1. The van der Waals surface area contributed by atoms with Gasteiger partial charge in [-0.05, 0) is 18.6 Å². The van der Waals surface area contributed by atoms with Crippen LogP contribution in [0.5, 0.6) is 0 Å². The summed E-state index contributed by atoms with van der Waals surface area (Å²) in [5.41, 5.74) is 1.35. The number of halogens is 1. The van der Waals surface area contributed by atoms with E-state index in [0.717, 1.165) is 0 Å². The van der Waals surface area contributed by atoms with Crippen LogP contribution < -0.4 is 0 Å². The lowest BCUT2D eigenvalue weighted by molar-refractivity contribution is -0.132. The molecule has 1 aliphatic heterocycles. The van der Waals surface area contributed by atoms with Crippen LogP contribution in [0.1, 0.15) is 28.4 Å². The second kappa shape index (κ2) is 8.99. The van der Waals surface area contributed by atoms with Gasteiger partial charge in [-0.15, -0.1) is 0 Å². The normalized spacial score (nSPS) is 14.0. The quantitative estimate of drug-likeness (QED) is 0.616. The molecule has 3 aromatic rings. The highest BCUT2D eigenvalue weighted by Crippen LogP contribution is 2.19. The third-order valence-electron chi connectivity index (χ3n) is 5.15. The fraction of sp³-hybridized carbons (Fsp3) is 0.333. The van der Waals surface area contributed by atoms with E-state index in [9.17, 15) is 14.0 Å². The van der Waals surface area contributed by atoms with Gasteiger partial charge in [0.25, 0.3) is 5.91 Å². The van der Waals surface area contributed by atoms with Gasteiger partial charge in [-0.1, -0.05) is 17.3 Å². The van der Waals surface area contributed by atoms with Crippen LogP contribution in [0.3, 0.4) is 0 Å². The van der Waals surface area contributed by atoms with E-state index < -0.39 is 0 Å². The van der Waals surface area contributed by atoms with Crippen molar-refractivity contribution in [2.45, 2.75) is 19.8 Å². The van der Waals surface area contributed by atoms with Crippen molar-refractivity contribution in [3.63, 3.8) is 0 Å². The molecule has 160 valence electrons. The van der Waals surface area contributed by atoms with Crippen LogP contribution >= 0.6 is 0 Å². The van der Waals surface area contributed by atoms with Gasteiger partial charge in [0, 0.05) is 57.0 Å². The first kappa shape index (κ1) is 20.6. The maximum Gasteiger partial charge on any atom is 0.274 e. The number of aromatic nitrogens is 4. The molecule has 3 heterocycles. The number of rotatable bonds is 5. The fourth-order valence-corrected chi connectivity index (χ4v) is 3.31. The molecule has 4 rings (SSSR count). The SMILES string of the molecule is Cc1ccc(-c2noc(CCC(=O)N3CCN(C(=O)c4cnccn4)CC3)n2)cc1F. The Morgan fingerprint density at radius 3 is 2.61 bits per heavy atom. The number of carbonyl (C=O) groups is 2. The van der Waals surface area contributed by atoms with Crippen molar-refractivity contribution in [2.75, 3.05) is 26.2 Å². The Bertz CT molecular complexity index is 1080. The molecule has 1 aromatic carbocycles. The summed E-state index contributed by atoms with van der Waals surface area (Å²) in [5, 5.41) is 3.87. The predicted molar refractivity (Wildman–Crippen MR) is 107 cm³/mol. The van der Waals surface area contributed by atoms with Crippen LogP contribution in [-0.4, -0.2) is 67.9 Å². The van der Waals surface area contributed by atoms with E-state index in [0.29, 0.717) is 55.3 Å². The van der Waals surface area contributed by atoms with Crippen molar-refractivity contribution in [1.82, 2.24) is 29.9 Å². The number of nitrogens with zero attached hydrogens (tertiary/aromatic N) is 6. The van der Waals surface area contributed by atoms with Crippen LogP contribution in [0.15, 0.2) is 41.3 Å². The third-order valence-corrected chi connectivity index (χ3v) is 5.15. The maximum atomic E-state index is 13.7. The zero-order chi connectivity index (χ0) is 21.8. The van der Waals surface area contributed by atoms with Gasteiger partial charge in [0.15, 0.2) is 0 Å². The van der Waals surface area contributed by atoms with Crippen molar-refractivity contribution in [2.24, 2.45) is 0 Å². The molecule has 0 spiro atoms. The average Bonchev–Trinajstić information content (AvgIpc) is 3.28. The van der Waals surface area contributed by atoms with Crippen LogP contribution in [-0.2, 0) is 11.2 Å². The third kappa shape index (κ3) is 4.73. The van der Waals surface area contributed by atoms with Crippen molar-refractivity contribution in [3.05, 3.63) is 59.8 Å². The number of aryl methyl sites for hydroxylation is 2. The van der Waals surface area contributed by atoms with Gasteiger partial charge in [-0.2, -0.15) is 4.98 Å². The molecule has 0 bridgehead atoms. The Kier molecular flexibility index (Phi) is 5.96. The molecule has 9 nitrogen and oxygen atoms in total. The van der Waals surface area contributed by atoms with Gasteiger partial charge in [0.05, 0.1) is 6.20 Å². The summed E-state index contributed by atoms with van der Waals surface area (Å²) in [5.74, 6) is 0.0353. The number of amides is 2. The van der Waals surface area contributed by atoms with Crippen LogP contribution in [0.25, 0.3) is 11.4 Å². The molecule has 31 heavy (non-hydrogen) atoms. The summed E-state index contributed by atoms with van der Waals surface area (Å²) in [6, 6.07) is 4.73. The second-order valence-corrected chi connectivity index (χ2v) is 7.24. The minimum atomic E-state index is -0.337. The smallest absolute Gasteiger partial charge is 0.274 e. The van der Waals surface area contributed by atoms with Crippen molar-refractivity contribution >= 4 is 11.8 Å². The van der Waals surface area contributed by atoms with Gasteiger partial charge >= 0.3 is 0 Å². The van der Waals surface area contributed by atoms with Gasteiger partial charge in [0.2, 0.25) is 17.6 Å². The minimum absolute atomic E-state index is 0.0484. The van der Waals surface area contributed by atoms with E-state index in [1.54, 1.807) is 28.9 Å². The van der Waals surface area contributed by atoms with Gasteiger partial charge in [-0.3, -0.25) is 14.6 Å². The Labute approximate surface area is 177 Å². The number of carbonyl (C=O) groups excluding carboxylic acids is 2. The van der Waals surface area contributed by atoms with E-state index in [1.165, 1.54) is 24.7 Å². The first-order chi connectivity index (χ1) is 15.0. The molecular formula is C21H21FN6O3. The first-order valence-corrected chi connectivity index (χ1v) is 9.93. The maximum absolute atomic E-state index is 13.7. The lowest BCUT2D eigenvalue weighted by Gasteiger charge is -2.34. The van der Waals surface area contributed by atoms with Crippen molar-refractivity contribution < 1.29 is 18.5 Å². The molecule has 2 amide bonds. The van der Waals surface area contributed by atoms with Crippen LogP contribution in [0, 0.1) is 12.7 Å². The van der Waals surface area contributed by atoms with Crippen molar-refractivity contribution in [1.29, 1.82) is 0 Å². The van der Waals surface area contributed by atoms with E-state index in [1.807, 2.05) is 0 Å². The monoisotopic (exact) mass is 424 g/mol. The highest BCUT2D eigenvalue weighted by molar-refractivity contribution is 5.92. The summed E-state index contributed by atoms with van der Waals surface area (Å²) in [6.45, 7) is 3.44.